The van der Waals surface area contributed by atoms with Crippen molar-refractivity contribution < 1.29 is 33.9 Å². The van der Waals surface area contributed by atoms with Crippen molar-refractivity contribution in [2.24, 2.45) is 5.41 Å². The van der Waals surface area contributed by atoms with Crippen molar-refractivity contribution in [3.8, 4) is 17.2 Å². The molecule has 1 aromatic carbocycles. The van der Waals surface area contributed by atoms with Gasteiger partial charge < -0.3 is 33.9 Å². The van der Waals surface area contributed by atoms with Gasteiger partial charge in [-0.15, -0.1) is 0 Å². The number of hydrogen-bond acceptors (Lipinski definition) is 7. The molecule has 1 aliphatic heterocycles. The molecule has 0 spiro atoms. The van der Waals surface area contributed by atoms with Crippen LogP contribution in [0.4, 0.5) is 0 Å². The molecular weight excluding hydrogens is 292 g/mol. The molecule has 7 heteroatoms. The first-order valence-corrected chi connectivity index (χ1v) is 6.88. The van der Waals surface area contributed by atoms with E-state index in [0.717, 1.165) is 0 Å². The Bertz CT molecular complexity index is 464. The van der Waals surface area contributed by atoms with Gasteiger partial charge in [-0.3, -0.25) is 0 Å². The quantitative estimate of drug-likeness (QED) is 0.800. The van der Waals surface area contributed by atoms with Gasteiger partial charge in [0.05, 0.1) is 58.7 Å². The van der Waals surface area contributed by atoms with E-state index in [1.54, 1.807) is 19.2 Å². The number of aliphatic hydroxyl groups excluding tert-OH is 2. The van der Waals surface area contributed by atoms with Crippen LogP contribution in [0.15, 0.2) is 12.1 Å². The fourth-order valence-electron chi connectivity index (χ4n) is 2.26. The molecule has 2 rings (SSSR count). The number of methoxy groups -OCH3 is 3. The summed E-state index contributed by atoms with van der Waals surface area (Å²) < 4.78 is 27.3. The smallest absolute Gasteiger partial charge is 0.191 e. The second-order valence-corrected chi connectivity index (χ2v) is 5.22. The van der Waals surface area contributed by atoms with Crippen LogP contribution in [0, 0.1) is 5.41 Å². The van der Waals surface area contributed by atoms with Gasteiger partial charge in [0.1, 0.15) is 17.2 Å². The number of hydrogen-bond donors (Lipinski definition) is 2. The Morgan fingerprint density at radius 2 is 1.50 bits per heavy atom. The van der Waals surface area contributed by atoms with E-state index in [0.29, 0.717) is 22.8 Å². The van der Waals surface area contributed by atoms with E-state index in [1.165, 1.54) is 14.2 Å². The first-order chi connectivity index (χ1) is 10.6. The number of aliphatic hydroxyl groups is 2. The van der Waals surface area contributed by atoms with Crippen LogP contribution in [-0.4, -0.2) is 58.0 Å². The van der Waals surface area contributed by atoms with Crippen molar-refractivity contribution in [2.75, 3.05) is 47.8 Å². The van der Waals surface area contributed by atoms with Crippen LogP contribution in [0.5, 0.6) is 17.2 Å². The lowest BCUT2D eigenvalue weighted by atomic mass is 9.91. The van der Waals surface area contributed by atoms with Crippen molar-refractivity contribution in [1.82, 2.24) is 0 Å². The molecule has 22 heavy (non-hydrogen) atoms. The Balaban J connectivity index is 2.29. The molecule has 0 saturated carbocycles. The van der Waals surface area contributed by atoms with Gasteiger partial charge in [0.2, 0.25) is 0 Å². The van der Waals surface area contributed by atoms with Crippen molar-refractivity contribution in [1.29, 1.82) is 0 Å². The van der Waals surface area contributed by atoms with Crippen molar-refractivity contribution >= 4 is 0 Å². The van der Waals surface area contributed by atoms with Crippen molar-refractivity contribution in [3.05, 3.63) is 17.7 Å². The van der Waals surface area contributed by atoms with E-state index in [4.69, 9.17) is 23.7 Å². The zero-order valence-corrected chi connectivity index (χ0v) is 13.0. The predicted molar refractivity (Wildman–Crippen MR) is 77.3 cm³/mol. The van der Waals surface area contributed by atoms with Gasteiger partial charge in [-0.2, -0.15) is 0 Å². The van der Waals surface area contributed by atoms with Gasteiger partial charge in [0.25, 0.3) is 0 Å². The zero-order valence-electron chi connectivity index (χ0n) is 13.0. The molecule has 124 valence electrons. The van der Waals surface area contributed by atoms with Crippen molar-refractivity contribution in [3.63, 3.8) is 0 Å². The molecule has 1 saturated heterocycles. The second-order valence-electron chi connectivity index (χ2n) is 5.22. The summed E-state index contributed by atoms with van der Waals surface area (Å²) in [6, 6.07) is 3.43. The van der Waals surface area contributed by atoms with Gasteiger partial charge in [0.15, 0.2) is 6.29 Å². The molecular formula is C15H22O7. The molecule has 1 aromatic rings. The van der Waals surface area contributed by atoms with Crippen LogP contribution in [0.3, 0.4) is 0 Å². The van der Waals surface area contributed by atoms with E-state index in [1.807, 2.05) is 0 Å². The summed E-state index contributed by atoms with van der Waals surface area (Å²) in [5, 5.41) is 18.8. The lowest BCUT2D eigenvalue weighted by Gasteiger charge is -2.38. The summed E-state index contributed by atoms with van der Waals surface area (Å²) in [4.78, 5) is 0. The maximum absolute atomic E-state index is 9.38. The third-order valence-electron chi connectivity index (χ3n) is 3.74. The molecule has 0 aromatic heterocycles. The summed E-state index contributed by atoms with van der Waals surface area (Å²) in [5.74, 6) is 1.62. The lowest BCUT2D eigenvalue weighted by molar-refractivity contribution is -0.248. The van der Waals surface area contributed by atoms with E-state index in [2.05, 4.69) is 0 Å². The summed E-state index contributed by atoms with van der Waals surface area (Å²) in [6.45, 7) is -0.0911. The van der Waals surface area contributed by atoms with Gasteiger partial charge in [-0.1, -0.05) is 0 Å². The molecule has 0 atom stereocenters. The minimum absolute atomic E-state index is 0.170. The van der Waals surface area contributed by atoms with E-state index in [9.17, 15) is 10.2 Å². The van der Waals surface area contributed by atoms with Crippen LogP contribution in [-0.2, 0) is 9.47 Å². The maximum atomic E-state index is 9.38. The molecule has 0 amide bonds. The fourth-order valence-corrected chi connectivity index (χ4v) is 2.26. The van der Waals surface area contributed by atoms with Gasteiger partial charge in [-0.25, -0.2) is 0 Å². The van der Waals surface area contributed by atoms with Crippen LogP contribution in [0.1, 0.15) is 11.9 Å². The monoisotopic (exact) mass is 314 g/mol. The number of rotatable bonds is 6. The fraction of sp³-hybridized carbons (Fsp3) is 0.600. The van der Waals surface area contributed by atoms with Gasteiger partial charge >= 0.3 is 0 Å². The standard InChI is InChI=1S/C15H22O7/c1-18-10-4-11(19-2)13(12(5-10)20-3)14-21-8-15(6-16,7-17)9-22-14/h4-5,14,16-17H,6-9H2,1-3H3. The topological polar surface area (TPSA) is 86.6 Å². The molecule has 1 fully saturated rings. The molecule has 0 unspecified atom stereocenters. The summed E-state index contributed by atoms with van der Waals surface area (Å²) in [5.41, 5.74) is -0.182. The maximum Gasteiger partial charge on any atom is 0.191 e. The van der Waals surface area contributed by atoms with E-state index >= 15 is 0 Å². The molecule has 0 aliphatic carbocycles. The zero-order chi connectivity index (χ0) is 16.2. The highest BCUT2D eigenvalue weighted by Crippen LogP contribution is 2.42. The van der Waals surface area contributed by atoms with Crippen LogP contribution < -0.4 is 14.2 Å². The van der Waals surface area contributed by atoms with Crippen LogP contribution in [0.25, 0.3) is 0 Å². The number of benzene rings is 1. The second kappa shape index (κ2) is 7.15. The highest BCUT2D eigenvalue weighted by atomic mass is 16.7. The predicted octanol–water partition coefficient (Wildman–Crippen LogP) is 0.729. The van der Waals surface area contributed by atoms with Gasteiger partial charge in [0, 0.05) is 12.1 Å². The molecule has 1 aliphatic rings. The highest BCUT2D eigenvalue weighted by Gasteiger charge is 2.38. The summed E-state index contributed by atoms with van der Waals surface area (Å²) in [7, 11) is 4.62. The Hall–Kier alpha value is -1.54. The van der Waals surface area contributed by atoms with E-state index < -0.39 is 11.7 Å². The third kappa shape index (κ3) is 3.12. The minimum Gasteiger partial charge on any atom is -0.496 e. The Labute approximate surface area is 129 Å². The van der Waals surface area contributed by atoms with Gasteiger partial charge in [-0.05, 0) is 0 Å². The Kier molecular flexibility index (Phi) is 5.47. The first-order valence-electron chi connectivity index (χ1n) is 6.88. The SMILES string of the molecule is COc1cc(OC)c(C2OCC(CO)(CO)CO2)c(OC)c1. The number of ether oxygens (including phenoxy) is 5. The molecule has 0 radical (unpaired) electrons. The molecule has 0 bridgehead atoms. The summed E-state index contributed by atoms with van der Waals surface area (Å²) in [6.07, 6.45) is -0.706. The van der Waals surface area contributed by atoms with Crippen LogP contribution >= 0.6 is 0 Å². The molecule has 1 heterocycles. The first kappa shape index (κ1) is 16.8. The lowest BCUT2D eigenvalue weighted by Crippen LogP contribution is -2.44. The minimum atomic E-state index is -0.788. The Morgan fingerprint density at radius 3 is 1.86 bits per heavy atom. The Morgan fingerprint density at radius 1 is 1.00 bits per heavy atom. The largest absolute Gasteiger partial charge is 0.496 e. The average Bonchev–Trinajstić information content (AvgIpc) is 2.60. The molecule has 2 N–H and O–H groups in total. The summed E-state index contributed by atoms with van der Waals surface area (Å²) >= 11 is 0. The van der Waals surface area contributed by atoms with Crippen LogP contribution in [0.2, 0.25) is 0 Å². The average molecular weight is 314 g/mol. The normalized spacial score (nSPS) is 18.0. The highest BCUT2D eigenvalue weighted by molar-refractivity contribution is 5.51. The molecule has 7 nitrogen and oxygen atoms in total. The van der Waals surface area contributed by atoms with Crippen molar-refractivity contribution in [2.45, 2.75) is 6.29 Å². The third-order valence-corrected chi connectivity index (χ3v) is 3.74. The van der Waals surface area contributed by atoms with E-state index in [-0.39, 0.29) is 26.4 Å².